The Labute approximate surface area is 410 Å². The van der Waals surface area contributed by atoms with Crippen molar-refractivity contribution >= 4 is 91.2 Å². The van der Waals surface area contributed by atoms with Gasteiger partial charge in [0, 0.05) is 52.7 Å². The van der Waals surface area contributed by atoms with Gasteiger partial charge < -0.3 is 43.4 Å². The Bertz CT molecular complexity index is 2680. The van der Waals surface area contributed by atoms with Crippen LogP contribution in [0, 0.1) is 11.8 Å². The molecule has 2 aliphatic heterocycles. The van der Waals surface area contributed by atoms with Gasteiger partial charge in [0.25, 0.3) is 0 Å². The van der Waals surface area contributed by atoms with Gasteiger partial charge in [0.2, 0.25) is 41.4 Å². The minimum absolute atomic E-state index is 0.0279. The van der Waals surface area contributed by atoms with Crippen molar-refractivity contribution < 1.29 is 38.4 Å². The summed E-state index contributed by atoms with van der Waals surface area (Å²) in [6, 6.07) is 8.62. The van der Waals surface area contributed by atoms with Crippen molar-refractivity contribution in [3.05, 3.63) is 71.1 Å². The number of primary amides is 2. The highest BCUT2D eigenvalue weighted by Crippen LogP contribution is 2.37. The van der Waals surface area contributed by atoms with E-state index < -0.39 is 114 Å². The highest BCUT2D eigenvalue weighted by Gasteiger charge is 2.45. The smallest absolute Gasteiger partial charge is 0.243 e. The highest BCUT2D eigenvalue weighted by atomic mass is 32.1. The van der Waals surface area contributed by atoms with Gasteiger partial charge in [-0.2, -0.15) is 0 Å². The molecule has 0 saturated carbocycles. The number of hydrogen-bond acceptors (Lipinski definition) is 14. The van der Waals surface area contributed by atoms with E-state index in [1.54, 1.807) is 40.5 Å². The average molecular weight is 1000 g/mol. The summed E-state index contributed by atoms with van der Waals surface area (Å²) in [7, 11) is 0. The van der Waals surface area contributed by atoms with Crippen LogP contribution in [0.4, 0.5) is 0 Å². The molecule has 0 radical (unpaired) electrons. The second kappa shape index (κ2) is 22.8. The van der Waals surface area contributed by atoms with Crippen molar-refractivity contribution in [3.63, 3.8) is 0 Å². The predicted molar refractivity (Wildman–Crippen MR) is 262 cm³/mol. The number of hydrogen-bond donors (Lipinski definition) is 7. The summed E-state index contributed by atoms with van der Waals surface area (Å²) in [5.74, 6) is -7.18. The SMILES string of the molecule is CC[C@H](C)[C@@H]1CC(=O)[C@H](CC(N)=O)NC(=O)[C@@H](N)CC(=O)NCCCC[C@@H](C(N)=O)NC(=O)[C@H](Cc2csc3ccccc23)NC(=O)[C@@H]2C[C@H](n3cc(-c4ccc(-c5cccs5)s4)nn3)CN2C1=O. The van der Waals surface area contributed by atoms with E-state index in [4.69, 9.17) is 17.2 Å². The molecular weight excluding hydrogens is 943 g/mol. The molecule has 0 unspecified atom stereocenters. The Morgan fingerprint density at radius 2 is 1.64 bits per heavy atom. The molecule has 8 atom stereocenters. The summed E-state index contributed by atoms with van der Waals surface area (Å²) in [5, 5.41) is 24.6. The Hall–Kier alpha value is -6.36. The maximum atomic E-state index is 15.1. The third kappa shape index (κ3) is 12.5. The second-order valence-electron chi connectivity index (χ2n) is 17.7. The minimum Gasteiger partial charge on any atom is -0.370 e. The topological polar surface area (TPSA) is 297 Å². The number of nitrogens with two attached hydrogens (primary N) is 3. The van der Waals surface area contributed by atoms with E-state index in [1.165, 1.54) is 16.2 Å². The molecule has 69 heavy (non-hydrogen) atoms. The van der Waals surface area contributed by atoms with E-state index in [1.807, 2.05) is 66.2 Å². The number of carbonyl (C=O) groups excluding carboxylic acids is 8. The number of aromatic nitrogens is 3. The fourth-order valence-electron chi connectivity index (χ4n) is 8.72. The number of carbonyl (C=O) groups is 8. The first-order chi connectivity index (χ1) is 33.1. The number of amides is 7. The normalized spacial score (nSPS) is 24.5. The Balaban J connectivity index is 1.25. The van der Waals surface area contributed by atoms with Gasteiger partial charge in [-0.25, -0.2) is 4.68 Å². The van der Waals surface area contributed by atoms with E-state index in [9.17, 15) is 33.6 Å². The van der Waals surface area contributed by atoms with E-state index in [0.29, 0.717) is 25.0 Å². The molecule has 5 aromatic rings. The van der Waals surface area contributed by atoms with Crippen LogP contribution in [-0.2, 0) is 44.8 Å². The molecule has 2 aliphatic rings. The van der Waals surface area contributed by atoms with Gasteiger partial charge in [0.05, 0.1) is 42.0 Å². The summed E-state index contributed by atoms with van der Waals surface area (Å²) >= 11 is 4.65. The van der Waals surface area contributed by atoms with Crippen LogP contribution < -0.4 is 38.5 Å². The van der Waals surface area contributed by atoms with Gasteiger partial charge in [-0.05, 0) is 71.2 Å². The third-order valence-electron chi connectivity index (χ3n) is 12.8. The monoisotopic (exact) mass is 999 g/mol. The van der Waals surface area contributed by atoms with Gasteiger partial charge in [-0.3, -0.25) is 38.4 Å². The zero-order valence-corrected chi connectivity index (χ0v) is 40.7. The van der Waals surface area contributed by atoms with Gasteiger partial charge in [0.15, 0.2) is 5.78 Å². The molecule has 366 valence electrons. The maximum Gasteiger partial charge on any atom is 0.243 e. The van der Waals surface area contributed by atoms with Crippen LogP contribution in [0.15, 0.2) is 65.5 Å². The fraction of sp³-hybridized carbons (Fsp3) is 0.447. The van der Waals surface area contributed by atoms with Gasteiger partial charge in [-0.1, -0.05) is 49.7 Å². The molecular formula is C47H57N11O8S3. The number of thiophene rings is 3. The molecule has 0 spiro atoms. The van der Waals surface area contributed by atoms with Crippen molar-refractivity contribution in [3.8, 4) is 20.3 Å². The van der Waals surface area contributed by atoms with Crippen LogP contribution in [0.3, 0.4) is 0 Å². The highest BCUT2D eigenvalue weighted by molar-refractivity contribution is 7.23. The summed E-state index contributed by atoms with van der Waals surface area (Å²) in [6.07, 6.45) is 1.61. The molecule has 2 saturated heterocycles. The molecule has 6 heterocycles. The van der Waals surface area contributed by atoms with Crippen molar-refractivity contribution in [1.82, 2.24) is 41.2 Å². The number of nitrogens with one attached hydrogen (secondary N) is 4. The molecule has 22 heteroatoms. The third-order valence-corrected chi connectivity index (χ3v) is 16.0. The zero-order valence-electron chi connectivity index (χ0n) is 38.3. The number of benzene rings is 1. The van der Waals surface area contributed by atoms with E-state index >= 15 is 4.79 Å². The Morgan fingerprint density at radius 3 is 2.38 bits per heavy atom. The van der Waals surface area contributed by atoms with Crippen molar-refractivity contribution in [2.24, 2.45) is 29.0 Å². The molecule has 7 amide bonds. The van der Waals surface area contributed by atoms with Gasteiger partial charge >= 0.3 is 0 Å². The number of Topliss-reactive ketones (excluding diaryl/α,β-unsaturated/α-hetero) is 1. The zero-order chi connectivity index (χ0) is 49.4. The molecule has 0 bridgehead atoms. The second-order valence-corrected chi connectivity index (χ2v) is 20.6. The van der Waals surface area contributed by atoms with E-state index in [-0.39, 0.29) is 32.4 Å². The van der Waals surface area contributed by atoms with Crippen molar-refractivity contribution in [2.75, 3.05) is 13.1 Å². The standard InChI is InChI=1S/C47H57N11O8S3/c1-3-25(2)29-19-36(59)32(21-41(49)60)53-44(63)30(48)20-42(61)51-15-7-6-10-31(43(50)62)52-45(64)33(17-26-24-68-37-11-5-4-9-28(26)37)54-46(65)35-18-27(22-57(35)47(29)66)58-23-34(55-56-58)38-13-14-40(69-38)39-12-8-16-67-39/h4-5,8-9,11-14,16,23-25,27,29-33,35H,3,6-7,10,15,17-22,48H2,1-2H3,(H2,49,60)(H2,50,62)(H,51,61)(H,52,64)(H,53,63)(H,54,65)/t25-,27-,29-,30-,31-,32-,33-,35-/m0/s1. The van der Waals surface area contributed by atoms with Gasteiger partial charge in [0.1, 0.15) is 23.8 Å². The van der Waals surface area contributed by atoms with Crippen LogP contribution in [0.5, 0.6) is 0 Å². The molecule has 0 aliphatic carbocycles. The van der Waals surface area contributed by atoms with Crippen molar-refractivity contribution in [2.45, 2.75) is 108 Å². The molecule has 2 fully saturated rings. The lowest BCUT2D eigenvalue weighted by atomic mass is 9.84. The lowest BCUT2D eigenvalue weighted by Crippen LogP contribution is -2.57. The van der Waals surface area contributed by atoms with E-state index in [0.717, 1.165) is 30.3 Å². The first-order valence-corrected chi connectivity index (χ1v) is 25.5. The van der Waals surface area contributed by atoms with Crippen molar-refractivity contribution in [1.29, 1.82) is 0 Å². The lowest BCUT2D eigenvalue weighted by molar-refractivity contribution is -0.145. The van der Waals surface area contributed by atoms with Crippen LogP contribution in [-0.4, -0.2) is 110 Å². The lowest BCUT2D eigenvalue weighted by Gasteiger charge is -2.32. The van der Waals surface area contributed by atoms with Crippen LogP contribution >= 0.6 is 34.0 Å². The summed E-state index contributed by atoms with van der Waals surface area (Å²) in [6.45, 7) is 3.75. The van der Waals surface area contributed by atoms with Gasteiger partial charge in [-0.15, -0.1) is 39.1 Å². The average Bonchev–Trinajstić information content (AvgIpc) is 4.19. The molecule has 1 aromatic carbocycles. The number of fused-ring (bicyclic) bond motifs is 2. The first-order valence-electron chi connectivity index (χ1n) is 22.9. The van der Waals surface area contributed by atoms with Crippen LogP contribution in [0.1, 0.15) is 76.8 Å². The van der Waals surface area contributed by atoms with Crippen LogP contribution in [0.2, 0.25) is 0 Å². The molecule has 7 rings (SSSR count). The first kappa shape index (κ1) is 50.5. The summed E-state index contributed by atoms with van der Waals surface area (Å²) in [5.41, 5.74) is 18.8. The molecule has 4 aromatic heterocycles. The van der Waals surface area contributed by atoms with Crippen LogP contribution in [0.25, 0.3) is 30.4 Å². The number of rotatable bonds is 10. The number of ketones is 1. The fourth-order valence-corrected chi connectivity index (χ4v) is 11.5. The Kier molecular flexibility index (Phi) is 16.7. The van der Waals surface area contributed by atoms with E-state index in [2.05, 4.69) is 31.6 Å². The minimum atomic E-state index is -1.47. The number of nitrogens with zero attached hydrogens (tertiary/aromatic N) is 4. The Morgan fingerprint density at radius 1 is 0.870 bits per heavy atom. The predicted octanol–water partition coefficient (Wildman–Crippen LogP) is 2.79. The summed E-state index contributed by atoms with van der Waals surface area (Å²) < 4.78 is 2.58. The quantitative estimate of drug-likeness (QED) is 0.107. The molecule has 19 nitrogen and oxygen atoms in total. The summed E-state index contributed by atoms with van der Waals surface area (Å²) in [4.78, 5) is 114. The maximum absolute atomic E-state index is 15.1. The molecule has 10 N–H and O–H groups in total. The largest absolute Gasteiger partial charge is 0.370 e.